The SMILES string of the molecule is COC(=O)C[C@H](C(=O)NN(Cc1c(F)cc(C(N)=CC=NC(F)F)cc1F)C[C@H](OC(=O)OCOP(=O)(O)O)[C@@H](CC(=O)[C@@H](NC(=O)OC)C(C)(C)C(F)(F)F)Cc1ccc(C#Cc2ccc(N3CC4CCC(C3)N4C3CCC3)nc2)cc1)C(C)(C)C(F)(F)F. The van der Waals surface area contributed by atoms with Crippen LogP contribution in [-0.4, -0.2) is 151 Å². The number of aromatic nitrogens is 1. The summed E-state index contributed by atoms with van der Waals surface area (Å²) in [4.78, 5) is 98.9. The van der Waals surface area contributed by atoms with Gasteiger partial charge < -0.3 is 44.7 Å². The highest BCUT2D eigenvalue weighted by atomic mass is 31.2. The van der Waals surface area contributed by atoms with Crippen molar-refractivity contribution in [2.75, 3.05) is 45.5 Å². The van der Waals surface area contributed by atoms with Crippen molar-refractivity contribution in [3.63, 3.8) is 0 Å². The van der Waals surface area contributed by atoms with E-state index in [4.69, 9.17) is 15.2 Å². The fraction of sp³-hybridized carbons (Fsp3) is 0.534. The third-order valence-corrected chi connectivity index (χ3v) is 16.7. The zero-order valence-electron chi connectivity index (χ0n) is 49.6. The van der Waals surface area contributed by atoms with Gasteiger partial charge >= 0.3 is 44.9 Å². The molecule has 6 atom stereocenters. The number of nitrogens with one attached hydrogen (secondary N) is 2. The molecular formula is C58H69F10N8O13P. The Balaban J connectivity index is 1.43. The summed E-state index contributed by atoms with van der Waals surface area (Å²) in [5, 5.41) is 2.31. The standard InChI is InChI=1S/C58H69F10N8O13P/c1-55(2,57(63,64)65)42(26-49(78)85-5)51(79)73-75(30-41-43(59)23-36(24-44(41)60)45(69)20-21-70-52(61)62)31-47(89-54(81)87-32-88-90(82,83)84)37(25-46(77)50(72-53(80)86-6)56(3,4)58(66,67)68)22-34-13-10-33(11-14-34)12-15-35-16-19-48(71-27-35)74-28-39-17-18-40(29-74)76(39)38-8-7-9-38/h10-11,13-14,16,19-21,23-24,27,37-40,42,47,50,52H,7-9,17-18,22,25-26,28-32,69H2,1-6H3,(H,72,80)(H,73,79)(H2,82,83,84)/t37-,39?,40?,42-,47+,50-/m1/s1. The Morgan fingerprint density at radius 3 is 1.98 bits per heavy atom. The van der Waals surface area contributed by atoms with E-state index in [2.05, 4.69) is 51.0 Å². The number of methoxy groups -OCH3 is 2. The minimum Gasteiger partial charge on any atom is -0.469 e. The number of phosphoric acid groups is 1. The first-order valence-corrected chi connectivity index (χ1v) is 29.6. The number of hydrogen-bond donors (Lipinski definition) is 5. The van der Waals surface area contributed by atoms with Crippen LogP contribution in [0.4, 0.5) is 59.3 Å². The summed E-state index contributed by atoms with van der Waals surface area (Å²) >= 11 is 0. The summed E-state index contributed by atoms with van der Waals surface area (Å²) in [6.45, 7) is -3.47. The van der Waals surface area contributed by atoms with Crippen molar-refractivity contribution < 1.29 is 106 Å². The number of pyridine rings is 1. The van der Waals surface area contributed by atoms with E-state index in [0.717, 1.165) is 52.0 Å². The molecule has 1 saturated carbocycles. The number of rotatable bonds is 26. The summed E-state index contributed by atoms with van der Waals surface area (Å²) in [6.07, 6.45) is -10.5. The van der Waals surface area contributed by atoms with Crippen LogP contribution in [0.5, 0.6) is 0 Å². The predicted octanol–water partition coefficient (Wildman–Crippen LogP) is 8.88. The number of halogens is 10. The molecule has 2 amide bonds. The first kappa shape index (κ1) is 71.7. The number of anilines is 1. The van der Waals surface area contributed by atoms with Crippen molar-refractivity contribution in [1.29, 1.82) is 0 Å². The van der Waals surface area contributed by atoms with Gasteiger partial charge in [-0.15, -0.1) is 0 Å². The van der Waals surface area contributed by atoms with Crippen LogP contribution in [0.25, 0.3) is 5.70 Å². The second kappa shape index (κ2) is 30.2. The molecule has 2 saturated heterocycles. The monoisotopic (exact) mass is 1310 g/mol. The highest BCUT2D eigenvalue weighted by molar-refractivity contribution is 7.46. The van der Waals surface area contributed by atoms with E-state index >= 15 is 8.78 Å². The molecule has 2 aliphatic heterocycles. The van der Waals surface area contributed by atoms with Crippen molar-refractivity contribution in [3.8, 4) is 11.8 Å². The molecule has 494 valence electrons. The van der Waals surface area contributed by atoms with Crippen molar-refractivity contribution in [2.45, 2.75) is 135 Å². The number of carbonyl (C=O) groups excluding carboxylic acids is 5. The van der Waals surface area contributed by atoms with Crippen LogP contribution in [-0.2, 0) is 55.4 Å². The molecule has 3 aliphatic rings. The van der Waals surface area contributed by atoms with Crippen LogP contribution in [0, 0.1) is 46.1 Å². The van der Waals surface area contributed by atoms with Gasteiger partial charge in [-0.05, 0) is 94.0 Å². The first-order chi connectivity index (χ1) is 42.0. The van der Waals surface area contributed by atoms with Gasteiger partial charge in [0.25, 0.3) is 0 Å². The highest BCUT2D eigenvalue weighted by Gasteiger charge is 2.57. The Morgan fingerprint density at radius 2 is 1.46 bits per heavy atom. The number of alkyl halides is 8. The minimum absolute atomic E-state index is 0.174. The van der Waals surface area contributed by atoms with Crippen molar-refractivity contribution >= 4 is 55.5 Å². The second-order valence-corrected chi connectivity index (χ2v) is 24.1. The van der Waals surface area contributed by atoms with Crippen LogP contribution in [0.2, 0.25) is 0 Å². The van der Waals surface area contributed by atoms with Crippen LogP contribution >= 0.6 is 7.82 Å². The zero-order chi connectivity index (χ0) is 66.7. The number of hydrogen-bond acceptors (Lipinski definition) is 17. The number of fused-ring (bicyclic) bond motifs is 2. The topological polar surface area (TPSA) is 274 Å². The lowest BCUT2D eigenvalue weighted by Gasteiger charge is -2.48. The molecule has 90 heavy (non-hydrogen) atoms. The maximum absolute atomic E-state index is 16.3. The van der Waals surface area contributed by atoms with Gasteiger partial charge in [-0.1, -0.05) is 44.2 Å². The minimum atomic E-state index is -5.41. The van der Waals surface area contributed by atoms with E-state index in [1.807, 2.05) is 17.4 Å². The third-order valence-electron chi connectivity index (χ3n) is 16.2. The van der Waals surface area contributed by atoms with Crippen molar-refractivity contribution in [2.24, 2.45) is 33.4 Å². The summed E-state index contributed by atoms with van der Waals surface area (Å²) in [5.74, 6) is -5.02. The molecule has 2 unspecified atom stereocenters. The van der Waals surface area contributed by atoms with Crippen molar-refractivity contribution in [1.82, 2.24) is 25.6 Å². The molecule has 3 fully saturated rings. The lowest BCUT2D eigenvalue weighted by Crippen LogP contribution is -2.58. The number of Topliss-reactive ketones (excluding diaryl/α,β-unsaturated/α-hetero) is 1. The largest absolute Gasteiger partial charge is 0.510 e. The van der Waals surface area contributed by atoms with Gasteiger partial charge in [0.15, 0.2) is 5.78 Å². The molecule has 3 aromatic rings. The second-order valence-electron chi connectivity index (χ2n) is 22.9. The Labute approximate surface area is 511 Å². The predicted molar refractivity (Wildman–Crippen MR) is 302 cm³/mol. The number of allylic oxidation sites excluding steroid dienone is 1. The van der Waals surface area contributed by atoms with Gasteiger partial charge in [0.1, 0.15) is 29.6 Å². The summed E-state index contributed by atoms with van der Waals surface area (Å²) in [6, 6.07) is 9.65. The quantitative estimate of drug-likeness (QED) is 0.00577. The molecule has 1 aromatic heterocycles. The fourth-order valence-electron chi connectivity index (χ4n) is 10.6. The molecule has 21 nitrogen and oxygen atoms in total. The molecule has 2 bridgehead atoms. The number of ketones is 1. The zero-order valence-corrected chi connectivity index (χ0v) is 50.5. The molecule has 0 spiro atoms. The number of piperazine rings is 1. The number of hydrazine groups is 1. The summed E-state index contributed by atoms with van der Waals surface area (Å²) < 4.78 is 182. The number of nitrogens with zero attached hydrogens (tertiary/aromatic N) is 5. The van der Waals surface area contributed by atoms with Gasteiger partial charge in [0, 0.05) is 90.5 Å². The number of carbonyl (C=O) groups is 5. The number of phosphoric ester groups is 1. The van der Waals surface area contributed by atoms with Gasteiger partial charge in [0.05, 0.1) is 43.9 Å². The van der Waals surface area contributed by atoms with Crippen LogP contribution in [0.1, 0.15) is 100 Å². The number of nitrogens with two attached hydrogens (primary N) is 1. The Bertz CT molecular complexity index is 3170. The average molecular weight is 1310 g/mol. The number of benzene rings is 2. The Hall–Kier alpha value is -7.36. The lowest BCUT2D eigenvalue weighted by molar-refractivity contribution is -0.231. The van der Waals surface area contributed by atoms with Crippen LogP contribution in [0.3, 0.4) is 0 Å². The smallest absolute Gasteiger partial charge is 0.469 e. The molecule has 32 heteroatoms. The Morgan fingerprint density at radius 1 is 0.856 bits per heavy atom. The molecular weight excluding hydrogens is 1240 g/mol. The maximum atomic E-state index is 16.3. The summed E-state index contributed by atoms with van der Waals surface area (Å²) in [7, 11) is -3.84. The molecule has 2 aromatic carbocycles. The Kier molecular flexibility index (Phi) is 24.0. The van der Waals surface area contributed by atoms with Crippen LogP contribution < -0.4 is 21.4 Å². The summed E-state index contributed by atoms with van der Waals surface area (Å²) in [5.41, 5.74) is 0.669. The molecule has 0 radical (unpaired) electrons. The van der Waals surface area contributed by atoms with Gasteiger partial charge in [-0.2, -0.15) is 35.1 Å². The number of ether oxygens (including phenoxy) is 4. The molecule has 6 N–H and O–H groups in total. The maximum Gasteiger partial charge on any atom is 0.510 e. The van der Waals surface area contributed by atoms with E-state index in [9.17, 15) is 73.4 Å². The first-order valence-electron chi connectivity index (χ1n) is 28.0. The van der Waals surface area contributed by atoms with Gasteiger partial charge in [-0.25, -0.2) is 42.4 Å². The number of amides is 2. The van der Waals surface area contributed by atoms with Gasteiger partial charge in [-0.3, -0.25) is 24.7 Å². The van der Waals surface area contributed by atoms with E-state index in [1.165, 1.54) is 43.5 Å². The number of aliphatic imine (C=N–C) groups is 1. The van der Waals surface area contributed by atoms with E-state index in [-0.39, 0.29) is 5.56 Å². The molecule has 3 heterocycles. The van der Waals surface area contributed by atoms with E-state index < -0.39 is 159 Å². The molecule has 6 rings (SSSR count). The normalized spacial score (nSPS) is 18.3. The van der Waals surface area contributed by atoms with Gasteiger partial charge in [0.2, 0.25) is 12.7 Å². The van der Waals surface area contributed by atoms with Crippen molar-refractivity contribution in [3.05, 3.63) is 100 Å². The number of alkyl carbamates (subject to hydrolysis) is 1. The number of esters is 1. The lowest BCUT2D eigenvalue weighted by atomic mass is 9.75. The molecule has 1 aliphatic carbocycles. The fourth-order valence-corrected chi connectivity index (χ4v) is 10.8. The third kappa shape index (κ3) is 19.1. The van der Waals surface area contributed by atoms with E-state index in [0.29, 0.717) is 80.3 Å². The average Bonchev–Trinajstić information content (AvgIpc) is 1.58. The van der Waals surface area contributed by atoms with Crippen LogP contribution in [0.15, 0.2) is 65.8 Å². The highest BCUT2D eigenvalue weighted by Crippen LogP contribution is 2.46. The van der Waals surface area contributed by atoms with E-state index in [1.54, 1.807) is 6.20 Å².